The fourth-order valence-electron chi connectivity index (χ4n) is 4.18. The van der Waals surface area contributed by atoms with E-state index >= 15 is 0 Å². The van der Waals surface area contributed by atoms with E-state index in [0.717, 1.165) is 16.0 Å². The van der Waals surface area contributed by atoms with Gasteiger partial charge in [-0.25, -0.2) is 4.39 Å². The largest absolute Gasteiger partial charge is 0.394 e. The Kier molecular flexibility index (Phi) is 6.97. The smallest absolute Gasteiger partial charge is 0.197 e. The second-order valence-electron chi connectivity index (χ2n) is 8.24. The molecule has 2 aromatic carbocycles. The van der Waals surface area contributed by atoms with Crippen LogP contribution >= 0.6 is 11.3 Å². The zero-order valence-electron chi connectivity index (χ0n) is 18.3. The average Bonchev–Trinajstić information content (AvgIpc) is 3.31. The van der Waals surface area contributed by atoms with Crippen molar-refractivity contribution < 1.29 is 34.3 Å². The standard InChI is InChI=1S/C25H27FO6S/c1-14-3-6-16(25(31-2)12-19(28)24(30)20(13-27)32-25)11-18(14)23(29)22-10-9-21(33-22)15-4-7-17(26)8-5-15/h3-11,19-20,23-24,27-30H,12-13H2,1-2H3/t19?,20?,23?,24-,25?/m0/s1. The number of benzene rings is 2. The van der Waals surface area contributed by atoms with Gasteiger partial charge in [-0.3, -0.25) is 0 Å². The summed E-state index contributed by atoms with van der Waals surface area (Å²) < 4.78 is 24.8. The number of rotatable bonds is 6. The SMILES string of the molecule is COC1(c2ccc(C)c(C(O)c3ccc(-c4ccc(F)cc4)s3)c2)CC(O)[C@H](O)C(CO)O1. The van der Waals surface area contributed by atoms with Crippen LogP contribution in [0, 0.1) is 12.7 Å². The zero-order valence-corrected chi connectivity index (χ0v) is 19.1. The van der Waals surface area contributed by atoms with Crippen molar-refractivity contribution in [2.45, 2.75) is 43.5 Å². The van der Waals surface area contributed by atoms with Crippen LogP contribution in [0.1, 0.15) is 34.1 Å². The highest BCUT2D eigenvalue weighted by molar-refractivity contribution is 7.15. The molecule has 3 aromatic rings. The molecule has 0 aliphatic carbocycles. The van der Waals surface area contributed by atoms with Crippen molar-refractivity contribution in [2.75, 3.05) is 13.7 Å². The summed E-state index contributed by atoms with van der Waals surface area (Å²) >= 11 is 1.41. The molecule has 1 fully saturated rings. The van der Waals surface area contributed by atoms with Gasteiger partial charge in [0, 0.05) is 28.8 Å². The summed E-state index contributed by atoms with van der Waals surface area (Å²) in [7, 11) is 1.43. The summed E-state index contributed by atoms with van der Waals surface area (Å²) in [5.74, 6) is -1.69. The maximum atomic E-state index is 13.2. The van der Waals surface area contributed by atoms with Gasteiger partial charge in [-0.2, -0.15) is 0 Å². The normalized spacial score (nSPS) is 26.3. The number of halogens is 1. The second-order valence-corrected chi connectivity index (χ2v) is 9.36. The first-order valence-electron chi connectivity index (χ1n) is 10.6. The van der Waals surface area contributed by atoms with Crippen molar-refractivity contribution in [1.29, 1.82) is 0 Å². The van der Waals surface area contributed by atoms with Crippen molar-refractivity contribution in [3.63, 3.8) is 0 Å². The van der Waals surface area contributed by atoms with Gasteiger partial charge in [0.15, 0.2) is 5.79 Å². The molecule has 0 amide bonds. The molecule has 6 nitrogen and oxygen atoms in total. The first kappa shape index (κ1) is 24.0. The number of aliphatic hydroxyl groups is 4. The van der Waals surface area contributed by atoms with Gasteiger partial charge in [0.1, 0.15) is 24.1 Å². The third-order valence-corrected chi connectivity index (χ3v) is 7.33. The molecule has 4 unspecified atom stereocenters. The minimum Gasteiger partial charge on any atom is -0.394 e. The molecule has 4 rings (SSSR count). The first-order chi connectivity index (χ1) is 15.8. The van der Waals surface area contributed by atoms with Crippen molar-refractivity contribution in [1.82, 2.24) is 0 Å². The number of methoxy groups -OCH3 is 1. The number of aryl methyl sites for hydroxylation is 1. The molecule has 1 saturated heterocycles. The predicted molar refractivity (Wildman–Crippen MR) is 122 cm³/mol. The summed E-state index contributed by atoms with van der Waals surface area (Å²) in [6.07, 6.45) is -4.36. The van der Waals surface area contributed by atoms with Crippen molar-refractivity contribution in [3.8, 4) is 10.4 Å². The fraction of sp³-hybridized carbons (Fsp3) is 0.360. The van der Waals surface area contributed by atoms with Crippen LogP contribution in [0.5, 0.6) is 0 Å². The highest BCUT2D eigenvalue weighted by Crippen LogP contribution is 2.41. The van der Waals surface area contributed by atoms with Gasteiger partial charge in [-0.05, 0) is 53.9 Å². The van der Waals surface area contributed by atoms with E-state index in [-0.39, 0.29) is 12.2 Å². The zero-order chi connectivity index (χ0) is 23.8. The number of hydrogen-bond donors (Lipinski definition) is 4. The van der Waals surface area contributed by atoms with E-state index in [0.29, 0.717) is 16.0 Å². The average molecular weight is 475 g/mol. The summed E-state index contributed by atoms with van der Waals surface area (Å²) in [6.45, 7) is 1.40. The Balaban J connectivity index is 1.66. The topological polar surface area (TPSA) is 99.4 Å². The summed E-state index contributed by atoms with van der Waals surface area (Å²) in [6, 6.07) is 15.3. The van der Waals surface area contributed by atoms with E-state index in [9.17, 15) is 24.8 Å². The number of aliphatic hydroxyl groups excluding tert-OH is 4. The van der Waals surface area contributed by atoms with Gasteiger partial charge in [-0.1, -0.05) is 24.3 Å². The van der Waals surface area contributed by atoms with Gasteiger partial charge in [-0.15, -0.1) is 11.3 Å². The minimum atomic E-state index is -1.39. The van der Waals surface area contributed by atoms with E-state index < -0.39 is 36.8 Å². The number of ether oxygens (including phenoxy) is 2. The van der Waals surface area contributed by atoms with Gasteiger partial charge in [0.2, 0.25) is 0 Å². The van der Waals surface area contributed by atoms with E-state index in [1.165, 1.54) is 30.6 Å². The number of hydrogen-bond acceptors (Lipinski definition) is 7. The van der Waals surface area contributed by atoms with Crippen molar-refractivity contribution in [3.05, 3.63) is 82.0 Å². The summed E-state index contributed by atoms with van der Waals surface area (Å²) in [4.78, 5) is 1.62. The molecular formula is C25H27FO6S. The molecule has 4 N–H and O–H groups in total. The minimum absolute atomic E-state index is 0.0342. The summed E-state index contributed by atoms with van der Waals surface area (Å²) in [5, 5.41) is 41.2. The van der Waals surface area contributed by atoms with Crippen LogP contribution in [0.15, 0.2) is 54.6 Å². The van der Waals surface area contributed by atoms with Crippen LogP contribution < -0.4 is 0 Å². The van der Waals surface area contributed by atoms with Crippen LogP contribution in [-0.4, -0.2) is 52.5 Å². The quantitative estimate of drug-likeness (QED) is 0.438. The molecule has 1 aromatic heterocycles. The Hall–Kier alpha value is -2.17. The van der Waals surface area contributed by atoms with E-state index in [1.807, 2.05) is 25.1 Å². The van der Waals surface area contributed by atoms with E-state index in [4.69, 9.17) is 9.47 Å². The lowest BCUT2D eigenvalue weighted by molar-refractivity contribution is -0.323. The lowest BCUT2D eigenvalue weighted by Crippen LogP contribution is -2.55. The lowest BCUT2D eigenvalue weighted by atomic mass is 9.88. The molecule has 0 saturated carbocycles. The van der Waals surface area contributed by atoms with E-state index in [1.54, 1.807) is 24.3 Å². The first-order valence-corrected chi connectivity index (χ1v) is 11.4. The maximum Gasteiger partial charge on any atom is 0.197 e. The van der Waals surface area contributed by atoms with Gasteiger partial charge in [0.25, 0.3) is 0 Å². The van der Waals surface area contributed by atoms with Crippen molar-refractivity contribution >= 4 is 11.3 Å². The molecular weight excluding hydrogens is 447 g/mol. The second kappa shape index (κ2) is 9.60. The molecule has 0 radical (unpaired) electrons. The predicted octanol–water partition coefficient (Wildman–Crippen LogP) is 3.25. The maximum absolute atomic E-state index is 13.2. The van der Waals surface area contributed by atoms with Crippen LogP contribution in [0.25, 0.3) is 10.4 Å². The molecule has 176 valence electrons. The number of thiophene rings is 1. The van der Waals surface area contributed by atoms with Gasteiger partial charge in [0.05, 0.1) is 12.7 Å². The Labute approximate surface area is 195 Å². The molecule has 0 bridgehead atoms. The third kappa shape index (κ3) is 4.61. The Bertz CT molecular complexity index is 1100. The monoisotopic (exact) mass is 474 g/mol. The fourth-order valence-corrected chi connectivity index (χ4v) is 5.20. The van der Waals surface area contributed by atoms with Crippen molar-refractivity contribution in [2.24, 2.45) is 0 Å². The molecule has 1 aliphatic heterocycles. The van der Waals surface area contributed by atoms with Gasteiger partial charge >= 0.3 is 0 Å². The molecule has 33 heavy (non-hydrogen) atoms. The highest BCUT2D eigenvalue weighted by Gasteiger charge is 2.47. The van der Waals surface area contributed by atoms with Gasteiger partial charge < -0.3 is 29.9 Å². The lowest BCUT2D eigenvalue weighted by Gasteiger charge is -2.44. The van der Waals surface area contributed by atoms with Crippen LogP contribution in [0.3, 0.4) is 0 Å². The summed E-state index contributed by atoms with van der Waals surface area (Å²) in [5.41, 5.74) is 2.91. The highest BCUT2D eigenvalue weighted by atomic mass is 32.1. The Morgan fingerprint density at radius 2 is 1.88 bits per heavy atom. The van der Waals surface area contributed by atoms with Crippen LogP contribution in [0.2, 0.25) is 0 Å². The molecule has 8 heteroatoms. The van der Waals surface area contributed by atoms with Crippen LogP contribution in [-0.2, 0) is 15.3 Å². The van der Waals surface area contributed by atoms with E-state index in [2.05, 4.69) is 0 Å². The molecule has 1 aliphatic rings. The third-order valence-electron chi connectivity index (χ3n) is 6.14. The van der Waals surface area contributed by atoms with Crippen LogP contribution in [0.4, 0.5) is 4.39 Å². The molecule has 2 heterocycles. The molecule has 0 spiro atoms. The Morgan fingerprint density at radius 1 is 1.15 bits per heavy atom. The Morgan fingerprint density at radius 3 is 2.55 bits per heavy atom. The molecule has 5 atom stereocenters.